The van der Waals surface area contributed by atoms with Gasteiger partial charge in [0.25, 0.3) is 0 Å². The molecule has 2 heterocycles. The van der Waals surface area contributed by atoms with E-state index in [2.05, 4.69) is 10.5 Å². The second-order valence-corrected chi connectivity index (χ2v) is 10.3. The lowest BCUT2D eigenvalue weighted by molar-refractivity contribution is -0.120. The topological polar surface area (TPSA) is 92.5 Å². The molecule has 1 aromatic carbocycles. The van der Waals surface area contributed by atoms with Gasteiger partial charge in [-0.1, -0.05) is 37.5 Å². The molecule has 1 aromatic heterocycles. The van der Waals surface area contributed by atoms with Crippen LogP contribution in [0.2, 0.25) is 5.02 Å². The van der Waals surface area contributed by atoms with Crippen molar-refractivity contribution in [2.24, 2.45) is 5.92 Å². The number of anilines is 1. The molecular formula is C19H24ClN3O4S. The summed E-state index contributed by atoms with van der Waals surface area (Å²) >= 11 is 5.84. The first kappa shape index (κ1) is 20.8. The van der Waals surface area contributed by atoms with Crippen LogP contribution in [-0.2, 0) is 20.2 Å². The molecule has 1 saturated heterocycles. The smallest absolute Gasteiger partial charge is 0.243 e. The molecular weight excluding hydrogens is 402 g/mol. The van der Waals surface area contributed by atoms with E-state index in [0.29, 0.717) is 36.0 Å². The summed E-state index contributed by atoms with van der Waals surface area (Å²) in [5.74, 6) is 0.293. The Morgan fingerprint density at radius 3 is 2.57 bits per heavy atom. The number of hydrogen-bond donors (Lipinski definition) is 1. The number of amides is 1. The molecule has 0 radical (unpaired) electrons. The van der Waals surface area contributed by atoms with Crippen molar-refractivity contribution in [2.45, 2.75) is 43.9 Å². The van der Waals surface area contributed by atoms with Crippen LogP contribution in [0, 0.1) is 5.92 Å². The summed E-state index contributed by atoms with van der Waals surface area (Å²) in [5, 5.41) is 7.10. The standard InChI is InChI=1S/C19H24ClN3O4S/c1-19(2,3)16-11-17(22-27-16)21-18(24)13-5-4-10-23(12-13)28(25,26)15-8-6-14(20)7-9-15/h6-9,11,13H,4-5,10,12H2,1-3H3,(H,21,22,24). The van der Waals surface area contributed by atoms with Crippen molar-refractivity contribution in [1.82, 2.24) is 9.46 Å². The highest BCUT2D eigenvalue weighted by atomic mass is 35.5. The van der Waals surface area contributed by atoms with E-state index >= 15 is 0 Å². The molecule has 0 spiro atoms. The summed E-state index contributed by atoms with van der Waals surface area (Å²) in [6, 6.07) is 7.73. The summed E-state index contributed by atoms with van der Waals surface area (Å²) < 4.78 is 32.4. The second-order valence-electron chi connectivity index (χ2n) is 7.97. The Labute approximate surface area is 170 Å². The van der Waals surface area contributed by atoms with Crippen molar-refractivity contribution in [3.05, 3.63) is 41.1 Å². The third kappa shape index (κ3) is 4.56. The number of nitrogens with one attached hydrogen (secondary N) is 1. The number of sulfonamides is 1. The Balaban J connectivity index is 1.69. The largest absolute Gasteiger partial charge is 0.359 e. The zero-order chi connectivity index (χ0) is 20.5. The van der Waals surface area contributed by atoms with Crippen LogP contribution in [0.25, 0.3) is 0 Å². The van der Waals surface area contributed by atoms with Gasteiger partial charge in [0.15, 0.2) is 5.82 Å². The monoisotopic (exact) mass is 425 g/mol. The molecule has 0 aliphatic carbocycles. The Hall–Kier alpha value is -1.90. The van der Waals surface area contributed by atoms with Crippen LogP contribution in [-0.4, -0.2) is 36.9 Å². The van der Waals surface area contributed by atoms with Crippen molar-refractivity contribution in [3.8, 4) is 0 Å². The number of benzene rings is 1. The molecule has 7 nitrogen and oxygen atoms in total. The predicted molar refractivity (Wildman–Crippen MR) is 107 cm³/mol. The fourth-order valence-corrected chi connectivity index (χ4v) is 4.70. The van der Waals surface area contributed by atoms with Gasteiger partial charge in [0, 0.05) is 29.6 Å². The molecule has 0 bridgehead atoms. The van der Waals surface area contributed by atoms with Crippen LogP contribution in [0.1, 0.15) is 39.4 Å². The van der Waals surface area contributed by atoms with Crippen LogP contribution in [0.5, 0.6) is 0 Å². The van der Waals surface area contributed by atoms with Gasteiger partial charge in [0.2, 0.25) is 15.9 Å². The Bertz CT molecular complexity index is 948. The molecule has 1 aliphatic rings. The average molecular weight is 426 g/mol. The summed E-state index contributed by atoms with van der Waals surface area (Å²) in [7, 11) is -3.67. The molecule has 1 N–H and O–H groups in total. The van der Waals surface area contributed by atoms with E-state index < -0.39 is 15.9 Å². The minimum atomic E-state index is -3.67. The van der Waals surface area contributed by atoms with E-state index in [4.69, 9.17) is 16.1 Å². The lowest BCUT2D eigenvalue weighted by Gasteiger charge is -2.31. The predicted octanol–water partition coefficient (Wildman–Crippen LogP) is 3.66. The van der Waals surface area contributed by atoms with Gasteiger partial charge in [-0.2, -0.15) is 4.31 Å². The number of aromatic nitrogens is 1. The first-order valence-electron chi connectivity index (χ1n) is 9.11. The van der Waals surface area contributed by atoms with Gasteiger partial charge in [0.1, 0.15) is 5.76 Å². The summed E-state index contributed by atoms with van der Waals surface area (Å²) in [4.78, 5) is 12.8. The van der Waals surface area contributed by atoms with Gasteiger partial charge >= 0.3 is 0 Å². The van der Waals surface area contributed by atoms with Gasteiger partial charge in [-0.25, -0.2) is 8.42 Å². The Morgan fingerprint density at radius 2 is 1.96 bits per heavy atom. The van der Waals surface area contributed by atoms with Crippen molar-refractivity contribution in [2.75, 3.05) is 18.4 Å². The molecule has 152 valence electrons. The van der Waals surface area contributed by atoms with Gasteiger partial charge in [0.05, 0.1) is 10.8 Å². The van der Waals surface area contributed by atoms with Gasteiger partial charge in [-0.3, -0.25) is 4.79 Å². The molecule has 2 aromatic rings. The molecule has 3 rings (SSSR count). The highest BCUT2D eigenvalue weighted by Crippen LogP contribution is 2.27. The molecule has 1 amide bonds. The quantitative estimate of drug-likeness (QED) is 0.806. The van der Waals surface area contributed by atoms with Gasteiger partial charge in [-0.05, 0) is 37.1 Å². The molecule has 1 atom stereocenters. The Kier molecular flexibility index (Phi) is 5.84. The molecule has 1 fully saturated rings. The van der Waals surface area contributed by atoms with Crippen LogP contribution in [0.15, 0.2) is 39.8 Å². The zero-order valence-corrected chi connectivity index (χ0v) is 17.7. The number of carbonyl (C=O) groups is 1. The maximum absolute atomic E-state index is 12.9. The lowest BCUT2D eigenvalue weighted by atomic mass is 9.93. The number of halogens is 1. The highest BCUT2D eigenvalue weighted by Gasteiger charge is 2.33. The SMILES string of the molecule is CC(C)(C)c1cc(NC(=O)C2CCCN(S(=O)(=O)c3ccc(Cl)cc3)C2)no1. The average Bonchev–Trinajstić information content (AvgIpc) is 3.11. The molecule has 1 aliphatic heterocycles. The number of nitrogens with zero attached hydrogens (tertiary/aromatic N) is 2. The molecule has 28 heavy (non-hydrogen) atoms. The van der Waals surface area contributed by atoms with E-state index in [-0.39, 0.29) is 22.8 Å². The number of carbonyl (C=O) groups excluding carboxylic acids is 1. The number of hydrogen-bond acceptors (Lipinski definition) is 5. The van der Waals surface area contributed by atoms with E-state index in [1.165, 1.54) is 16.4 Å². The normalized spacial score (nSPS) is 18.8. The van der Waals surface area contributed by atoms with Crippen LogP contribution in [0.4, 0.5) is 5.82 Å². The minimum Gasteiger partial charge on any atom is -0.359 e. The lowest BCUT2D eigenvalue weighted by Crippen LogP contribution is -2.43. The third-order valence-corrected chi connectivity index (χ3v) is 6.84. The first-order chi connectivity index (χ1) is 13.1. The van der Waals surface area contributed by atoms with E-state index in [1.54, 1.807) is 18.2 Å². The fourth-order valence-electron chi connectivity index (χ4n) is 3.05. The van der Waals surface area contributed by atoms with Gasteiger partial charge in [-0.15, -0.1) is 0 Å². The van der Waals surface area contributed by atoms with E-state index in [9.17, 15) is 13.2 Å². The number of rotatable bonds is 4. The van der Waals surface area contributed by atoms with E-state index in [0.717, 1.165) is 0 Å². The maximum Gasteiger partial charge on any atom is 0.243 e. The van der Waals surface area contributed by atoms with Crippen molar-refractivity contribution in [3.63, 3.8) is 0 Å². The second kappa shape index (κ2) is 7.85. The van der Waals surface area contributed by atoms with Crippen molar-refractivity contribution in [1.29, 1.82) is 0 Å². The van der Waals surface area contributed by atoms with E-state index in [1.807, 2.05) is 20.8 Å². The van der Waals surface area contributed by atoms with Crippen LogP contribution < -0.4 is 5.32 Å². The minimum absolute atomic E-state index is 0.126. The highest BCUT2D eigenvalue weighted by molar-refractivity contribution is 7.89. The van der Waals surface area contributed by atoms with Crippen LogP contribution >= 0.6 is 11.6 Å². The van der Waals surface area contributed by atoms with Crippen molar-refractivity contribution < 1.29 is 17.7 Å². The van der Waals surface area contributed by atoms with Gasteiger partial charge < -0.3 is 9.84 Å². The maximum atomic E-state index is 12.9. The molecule has 1 unspecified atom stereocenters. The summed E-state index contributed by atoms with van der Waals surface area (Å²) in [6.45, 7) is 6.47. The van der Waals surface area contributed by atoms with Crippen molar-refractivity contribution >= 4 is 33.3 Å². The van der Waals surface area contributed by atoms with Crippen LogP contribution in [0.3, 0.4) is 0 Å². The first-order valence-corrected chi connectivity index (χ1v) is 10.9. The molecule has 0 saturated carbocycles. The zero-order valence-electron chi connectivity index (χ0n) is 16.1. The summed E-state index contributed by atoms with van der Waals surface area (Å²) in [5.41, 5.74) is -0.218. The third-order valence-electron chi connectivity index (χ3n) is 4.71. The summed E-state index contributed by atoms with van der Waals surface area (Å²) in [6.07, 6.45) is 1.22. The fraction of sp³-hybridized carbons (Fsp3) is 0.474. The Morgan fingerprint density at radius 1 is 1.29 bits per heavy atom. The number of piperidine rings is 1. The molecule has 9 heteroatoms.